The Balaban J connectivity index is 2.12. The average Bonchev–Trinajstić information content (AvgIpc) is 2.93. The van der Waals surface area contributed by atoms with Gasteiger partial charge in [0.05, 0.1) is 6.04 Å². The first kappa shape index (κ1) is 18.7. The van der Waals surface area contributed by atoms with Crippen LogP contribution in [-0.2, 0) is 14.4 Å². The monoisotopic (exact) mass is 340 g/mol. The number of nitrogens with one attached hydrogen (secondary N) is 1. The van der Waals surface area contributed by atoms with Crippen LogP contribution in [0.15, 0.2) is 0 Å². The summed E-state index contributed by atoms with van der Waals surface area (Å²) in [4.78, 5) is 37.3. The molecular formula is C17H28N2O5. The lowest BCUT2D eigenvalue weighted by Gasteiger charge is -2.35. The minimum atomic E-state index is -0.983. The highest BCUT2D eigenvalue weighted by Crippen LogP contribution is 2.40. The van der Waals surface area contributed by atoms with E-state index in [0.717, 1.165) is 25.7 Å². The van der Waals surface area contributed by atoms with E-state index in [9.17, 15) is 24.6 Å². The molecule has 0 radical (unpaired) electrons. The van der Waals surface area contributed by atoms with Crippen molar-refractivity contribution in [2.45, 2.75) is 83.0 Å². The molecule has 0 aromatic rings. The van der Waals surface area contributed by atoms with Crippen molar-refractivity contribution in [2.75, 3.05) is 0 Å². The maximum absolute atomic E-state index is 12.9. The minimum absolute atomic E-state index is 0.0222. The normalized spacial score (nSPS) is 28.9. The molecule has 2 aliphatic rings. The first-order valence-corrected chi connectivity index (χ1v) is 8.90. The number of aliphatic carboxylic acids is 2. The Morgan fingerprint density at radius 2 is 1.88 bits per heavy atom. The first-order valence-electron chi connectivity index (χ1n) is 8.90. The van der Waals surface area contributed by atoms with Crippen molar-refractivity contribution in [2.24, 2.45) is 5.92 Å². The number of fused-ring (bicyclic) bond motifs is 1. The van der Waals surface area contributed by atoms with Crippen LogP contribution in [0, 0.1) is 5.92 Å². The number of carboxylic acid groups (broad SMARTS) is 2. The van der Waals surface area contributed by atoms with Gasteiger partial charge in [-0.2, -0.15) is 0 Å². The van der Waals surface area contributed by atoms with Crippen molar-refractivity contribution in [3.63, 3.8) is 0 Å². The van der Waals surface area contributed by atoms with E-state index in [1.165, 1.54) is 4.90 Å². The van der Waals surface area contributed by atoms with E-state index >= 15 is 0 Å². The van der Waals surface area contributed by atoms with Crippen LogP contribution in [0.5, 0.6) is 0 Å². The Labute approximate surface area is 142 Å². The Hall–Kier alpha value is -1.63. The summed E-state index contributed by atoms with van der Waals surface area (Å²) in [6, 6.07) is -2.31. The molecule has 1 saturated heterocycles. The maximum Gasteiger partial charge on any atom is 0.326 e. The van der Waals surface area contributed by atoms with Crippen molar-refractivity contribution < 1.29 is 24.6 Å². The van der Waals surface area contributed by atoms with Crippen LogP contribution < -0.4 is 5.32 Å². The second kappa shape index (κ2) is 7.96. The topological polar surface area (TPSA) is 107 Å². The molecule has 0 aromatic carbocycles. The van der Waals surface area contributed by atoms with Gasteiger partial charge in [-0.3, -0.25) is 14.9 Å². The van der Waals surface area contributed by atoms with E-state index < -0.39 is 30.1 Å². The van der Waals surface area contributed by atoms with Gasteiger partial charge in [-0.05, 0) is 38.5 Å². The van der Waals surface area contributed by atoms with Gasteiger partial charge in [0.25, 0.3) is 0 Å². The highest BCUT2D eigenvalue weighted by atomic mass is 16.4. The van der Waals surface area contributed by atoms with E-state index in [-0.39, 0.29) is 17.9 Å². The molecule has 1 aliphatic carbocycles. The maximum atomic E-state index is 12.9. The fourth-order valence-corrected chi connectivity index (χ4v) is 4.16. The summed E-state index contributed by atoms with van der Waals surface area (Å²) in [7, 11) is 0. The van der Waals surface area contributed by atoms with E-state index in [1.807, 2.05) is 6.92 Å². The highest BCUT2D eigenvalue weighted by Gasteiger charge is 2.48. The lowest BCUT2D eigenvalue weighted by atomic mass is 9.84. The van der Waals surface area contributed by atoms with Crippen LogP contribution in [0.2, 0.25) is 0 Å². The molecule has 1 heterocycles. The van der Waals surface area contributed by atoms with Crippen molar-refractivity contribution in [1.82, 2.24) is 10.2 Å². The lowest BCUT2D eigenvalue weighted by Crippen LogP contribution is -2.55. The largest absolute Gasteiger partial charge is 0.480 e. The third-order valence-electron chi connectivity index (χ3n) is 5.32. The molecule has 1 aliphatic heterocycles. The van der Waals surface area contributed by atoms with Gasteiger partial charge in [-0.25, -0.2) is 4.79 Å². The summed E-state index contributed by atoms with van der Waals surface area (Å²) >= 11 is 0. The van der Waals surface area contributed by atoms with Crippen LogP contribution in [0.1, 0.15) is 58.8 Å². The molecule has 0 spiro atoms. The molecule has 24 heavy (non-hydrogen) atoms. The molecule has 1 amide bonds. The molecule has 2 rings (SSSR count). The highest BCUT2D eigenvalue weighted by molar-refractivity contribution is 5.88. The zero-order valence-corrected chi connectivity index (χ0v) is 14.4. The Kier molecular flexibility index (Phi) is 6.21. The van der Waals surface area contributed by atoms with Gasteiger partial charge in [-0.1, -0.05) is 26.2 Å². The summed E-state index contributed by atoms with van der Waals surface area (Å²) < 4.78 is 0. The molecule has 7 heteroatoms. The number of carbonyl (C=O) groups excluding carboxylic acids is 1. The number of rotatable bonds is 7. The van der Waals surface area contributed by atoms with Crippen molar-refractivity contribution in [3.05, 3.63) is 0 Å². The zero-order chi connectivity index (χ0) is 17.9. The van der Waals surface area contributed by atoms with Gasteiger partial charge in [0, 0.05) is 6.04 Å². The molecule has 5 atom stereocenters. The molecule has 1 saturated carbocycles. The van der Waals surface area contributed by atoms with Gasteiger partial charge in [-0.15, -0.1) is 0 Å². The zero-order valence-electron chi connectivity index (χ0n) is 14.4. The van der Waals surface area contributed by atoms with Crippen LogP contribution >= 0.6 is 0 Å². The van der Waals surface area contributed by atoms with E-state index in [4.69, 9.17) is 0 Å². The number of carboxylic acids is 2. The summed E-state index contributed by atoms with van der Waals surface area (Å²) in [5, 5.41) is 21.6. The number of hydrogen-bond acceptors (Lipinski definition) is 4. The fourth-order valence-electron chi connectivity index (χ4n) is 4.16. The van der Waals surface area contributed by atoms with Gasteiger partial charge < -0.3 is 15.1 Å². The predicted molar refractivity (Wildman–Crippen MR) is 87.6 cm³/mol. The van der Waals surface area contributed by atoms with Crippen molar-refractivity contribution in [3.8, 4) is 0 Å². The quantitative estimate of drug-likeness (QED) is 0.648. The minimum Gasteiger partial charge on any atom is -0.480 e. The molecule has 2 fully saturated rings. The van der Waals surface area contributed by atoms with Gasteiger partial charge in [0.15, 0.2) is 0 Å². The van der Waals surface area contributed by atoms with E-state index in [0.29, 0.717) is 19.3 Å². The smallest absolute Gasteiger partial charge is 0.326 e. The van der Waals surface area contributed by atoms with Gasteiger partial charge in [0.1, 0.15) is 12.1 Å². The molecular weight excluding hydrogens is 312 g/mol. The molecule has 0 bridgehead atoms. The van der Waals surface area contributed by atoms with Crippen LogP contribution in [0.3, 0.4) is 0 Å². The summed E-state index contributed by atoms with van der Waals surface area (Å²) in [6.07, 6.45) is 5.53. The van der Waals surface area contributed by atoms with Gasteiger partial charge in [0.2, 0.25) is 5.91 Å². The molecule has 0 unspecified atom stereocenters. The number of carbonyl (C=O) groups is 3. The third-order valence-corrected chi connectivity index (χ3v) is 5.32. The fraction of sp³-hybridized carbons (Fsp3) is 0.824. The number of nitrogens with zero attached hydrogens (tertiary/aromatic N) is 1. The second-order valence-electron chi connectivity index (χ2n) is 7.01. The number of likely N-dealkylation sites (tertiary alicyclic amines) is 1. The standard InChI is InChI=1S/C17H28N2O5/c1-3-6-12(16(21)22)18-10(2)15(20)19-13-8-5-4-7-11(13)9-14(19)17(23)24/h10-14,18H,3-9H2,1-2H3,(H,21,22)(H,23,24)/t10-,11+,12-,13+,14+/m0/s1. The third kappa shape index (κ3) is 3.88. The Morgan fingerprint density at radius 3 is 2.46 bits per heavy atom. The lowest BCUT2D eigenvalue weighted by molar-refractivity contribution is -0.151. The molecule has 136 valence electrons. The van der Waals surface area contributed by atoms with Gasteiger partial charge >= 0.3 is 11.9 Å². The van der Waals surface area contributed by atoms with Crippen LogP contribution in [0.25, 0.3) is 0 Å². The summed E-state index contributed by atoms with van der Waals surface area (Å²) in [6.45, 7) is 3.51. The molecule has 3 N–H and O–H groups in total. The first-order chi connectivity index (χ1) is 11.4. The summed E-state index contributed by atoms with van der Waals surface area (Å²) in [5.74, 6) is -1.99. The molecule has 7 nitrogen and oxygen atoms in total. The second-order valence-corrected chi connectivity index (χ2v) is 7.01. The Bertz CT molecular complexity index is 495. The van der Waals surface area contributed by atoms with E-state index in [1.54, 1.807) is 6.92 Å². The number of hydrogen-bond donors (Lipinski definition) is 3. The number of amides is 1. The predicted octanol–water partition coefficient (Wildman–Crippen LogP) is 1.46. The SMILES string of the molecule is CCC[C@H](N[C@@H](C)C(=O)N1[C@@H](C(=O)O)C[C@H]2CCCC[C@H]21)C(=O)O. The van der Waals surface area contributed by atoms with Crippen LogP contribution in [0.4, 0.5) is 0 Å². The summed E-state index contributed by atoms with van der Waals surface area (Å²) in [5.41, 5.74) is 0. The van der Waals surface area contributed by atoms with Crippen molar-refractivity contribution >= 4 is 17.8 Å². The van der Waals surface area contributed by atoms with E-state index in [2.05, 4.69) is 5.32 Å². The van der Waals surface area contributed by atoms with Crippen LogP contribution in [-0.4, -0.2) is 57.1 Å². The van der Waals surface area contributed by atoms with Crippen molar-refractivity contribution in [1.29, 1.82) is 0 Å². The molecule has 0 aromatic heterocycles. The average molecular weight is 340 g/mol. The Morgan fingerprint density at radius 1 is 1.21 bits per heavy atom.